The van der Waals surface area contributed by atoms with Crippen LogP contribution in [0.25, 0.3) is 5.57 Å². The number of hydrogen-bond acceptors (Lipinski definition) is 6. The second kappa shape index (κ2) is 8.27. The van der Waals surface area contributed by atoms with Crippen molar-refractivity contribution in [2.45, 2.75) is 25.8 Å². The summed E-state index contributed by atoms with van der Waals surface area (Å²) in [6.07, 6.45) is 2.22. The number of piperidine rings is 1. The van der Waals surface area contributed by atoms with Crippen molar-refractivity contribution in [3.05, 3.63) is 34.4 Å². The van der Waals surface area contributed by atoms with Crippen LogP contribution in [-0.2, 0) is 0 Å². The van der Waals surface area contributed by atoms with E-state index in [1.165, 1.54) is 7.11 Å². The normalized spacial score (nSPS) is 19.9. The van der Waals surface area contributed by atoms with Crippen molar-refractivity contribution in [2.24, 2.45) is 0 Å². The van der Waals surface area contributed by atoms with Gasteiger partial charge in [-0.15, -0.1) is 0 Å². The summed E-state index contributed by atoms with van der Waals surface area (Å²) in [4.78, 5) is 18.3. The van der Waals surface area contributed by atoms with Crippen LogP contribution < -0.4 is 9.64 Å². The molecule has 0 radical (unpaired) electrons. The molecule has 7 nitrogen and oxygen atoms in total. The molecule has 2 saturated heterocycles. The molecule has 0 atom stereocenters. The van der Waals surface area contributed by atoms with Gasteiger partial charge in [0.15, 0.2) is 5.75 Å². The monoisotopic (exact) mass is 374 g/mol. The van der Waals surface area contributed by atoms with E-state index in [0.29, 0.717) is 11.8 Å². The third-order valence-corrected chi connectivity index (χ3v) is 5.81. The molecule has 0 saturated carbocycles. The van der Waals surface area contributed by atoms with Crippen molar-refractivity contribution in [3.63, 3.8) is 0 Å². The lowest BCUT2D eigenvalue weighted by Gasteiger charge is -2.43. The molecule has 0 amide bonds. The summed E-state index contributed by atoms with van der Waals surface area (Å²) in [5.74, 6) is 0.307. The average molecular weight is 374 g/mol. The van der Waals surface area contributed by atoms with Crippen molar-refractivity contribution < 1.29 is 9.66 Å². The van der Waals surface area contributed by atoms with Gasteiger partial charge in [-0.25, -0.2) is 0 Å². The van der Waals surface area contributed by atoms with Gasteiger partial charge in [0.25, 0.3) is 0 Å². The Morgan fingerprint density at radius 3 is 2.33 bits per heavy atom. The van der Waals surface area contributed by atoms with Gasteiger partial charge >= 0.3 is 5.69 Å². The van der Waals surface area contributed by atoms with Gasteiger partial charge in [-0.3, -0.25) is 15.0 Å². The van der Waals surface area contributed by atoms with E-state index in [1.807, 2.05) is 6.92 Å². The Kier molecular flexibility index (Phi) is 6.01. The number of hydrogen-bond donors (Lipinski definition) is 0. The first-order valence-electron chi connectivity index (χ1n) is 9.60. The molecule has 2 fully saturated rings. The molecule has 7 heteroatoms. The third kappa shape index (κ3) is 4.25. The van der Waals surface area contributed by atoms with E-state index in [-0.39, 0.29) is 5.69 Å². The lowest BCUT2D eigenvalue weighted by molar-refractivity contribution is -0.385. The van der Waals surface area contributed by atoms with Crippen molar-refractivity contribution in [2.75, 3.05) is 58.3 Å². The minimum atomic E-state index is -0.394. The molecule has 0 bridgehead atoms. The minimum Gasteiger partial charge on any atom is -0.490 e. The molecule has 0 N–H and O–H groups in total. The Morgan fingerprint density at radius 1 is 1.19 bits per heavy atom. The lowest BCUT2D eigenvalue weighted by atomic mass is 9.98. The highest BCUT2D eigenvalue weighted by Crippen LogP contribution is 2.38. The molecule has 0 unspecified atom stereocenters. The van der Waals surface area contributed by atoms with E-state index in [0.717, 1.165) is 68.9 Å². The predicted molar refractivity (Wildman–Crippen MR) is 109 cm³/mol. The first-order valence-corrected chi connectivity index (χ1v) is 9.60. The minimum absolute atomic E-state index is 0.00780. The summed E-state index contributed by atoms with van der Waals surface area (Å²) >= 11 is 0. The quantitative estimate of drug-likeness (QED) is 0.583. The van der Waals surface area contributed by atoms with Crippen molar-refractivity contribution >= 4 is 16.9 Å². The van der Waals surface area contributed by atoms with Crippen LogP contribution >= 0.6 is 0 Å². The Hall–Kier alpha value is -2.12. The molecule has 2 heterocycles. The number of benzene rings is 1. The zero-order chi connectivity index (χ0) is 19.6. The fourth-order valence-electron chi connectivity index (χ4n) is 4.13. The number of nitro benzene ring substituents is 1. The highest BCUT2D eigenvalue weighted by molar-refractivity contribution is 5.79. The fourth-order valence-corrected chi connectivity index (χ4v) is 4.13. The number of nitro groups is 1. The lowest BCUT2D eigenvalue weighted by Crippen LogP contribution is -2.52. The summed E-state index contributed by atoms with van der Waals surface area (Å²) in [5.41, 5.74) is 2.64. The third-order valence-electron chi connectivity index (χ3n) is 5.81. The first kappa shape index (κ1) is 19.6. The molecule has 1 aromatic carbocycles. The molecule has 27 heavy (non-hydrogen) atoms. The molecule has 0 aromatic heterocycles. The Bertz CT molecular complexity index is 705. The molecule has 0 spiro atoms. The van der Waals surface area contributed by atoms with Crippen LogP contribution in [0.4, 0.5) is 11.4 Å². The van der Waals surface area contributed by atoms with Gasteiger partial charge in [0.2, 0.25) is 0 Å². The molecule has 1 aromatic rings. The van der Waals surface area contributed by atoms with E-state index in [4.69, 9.17) is 4.74 Å². The van der Waals surface area contributed by atoms with E-state index in [9.17, 15) is 10.1 Å². The SMILES string of the molecule is C=C(C)c1cc([N+](=O)[O-])c(OC)cc1N1CCC(N2CCN(C)CC2)CC1. The summed E-state index contributed by atoms with van der Waals surface area (Å²) in [6, 6.07) is 4.03. The topological polar surface area (TPSA) is 62.1 Å². The van der Waals surface area contributed by atoms with E-state index in [1.54, 1.807) is 12.1 Å². The highest BCUT2D eigenvalue weighted by atomic mass is 16.6. The van der Waals surface area contributed by atoms with Crippen LogP contribution in [0.2, 0.25) is 0 Å². The smallest absolute Gasteiger partial charge is 0.311 e. The summed E-state index contributed by atoms with van der Waals surface area (Å²) in [7, 11) is 3.66. The van der Waals surface area contributed by atoms with Crippen LogP contribution in [-0.4, -0.2) is 74.2 Å². The predicted octanol–water partition coefficient (Wildman–Crippen LogP) is 2.85. The Labute approximate surface area is 161 Å². The maximum atomic E-state index is 11.4. The molecule has 2 aliphatic rings. The van der Waals surface area contributed by atoms with Crippen molar-refractivity contribution in [1.82, 2.24) is 9.80 Å². The number of allylic oxidation sites excluding steroid dienone is 1. The molecule has 0 aliphatic carbocycles. The van der Waals surface area contributed by atoms with Gasteiger partial charge in [-0.05, 0) is 32.4 Å². The van der Waals surface area contributed by atoms with Crippen molar-refractivity contribution in [3.8, 4) is 5.75 Å². The van der Waals surface area contributed by atoms with Gasteiger partial charge in [0.05, 0.1) is 12.0 Å². The molecule has 3 rings (SSSR count). The maximum Gasteiger partial charge on any atom is 0.311 e. The van der Waals surface area contributed by atoms with Crippen LogP contribution in [0.3, 0.4) is 0 Å². The van der Waals surface area contributed by atoms with Gasteiger partial charge in [-0.1, -0.05) is 6.58 Å². The number of anilines is 1. The number of rotatable bonds is 5. The van der Waals surface area contributed by atoms with E-state index < -0.39 is 4.92 Å². The van der Waals surface area contributed by atoms with Crippen LogP contribution in [0.5, 0.6) is 5.75 Å². The van der Waals surface area contributed by atoms with Gasteiger partial charge < -0.3 is 14.5 Å². The van der Waals surface area contributed by atoms with Gasteiger partial charge in [0, 0.05) is 68.7 Å². The van der Waals surface area contributed by atoms with Crippen LogP contribution in [0.15, 0.2) is 18.7 Å². The summed E-state index contributed by atoms with van der Waals surface area (Å²) in [5, 5.41) is 11.4. The van der Waals surface area contributed by atoms with Crippen molar-refractivity contribution in [1.29, 1.82) is 0 Å². The molecule has 148 valence electrons. The number of ether oxygens (including phenoxy) is 1. The average Bonchev–Trinajstić information content (AvgIpc) is 2.67. The second-order valence-electron chi connectivity index (χ2n) is 7.64. The number of methoxy groups -OCH3 is 1. The van der Waals surface area contributed by atoms with Gasteiger partial charge in [0.1, 0.15) is 0 Å². The molecular weight excluding hydrogens is 344 g/mol. The van der Waals surface area contributed by atoms with E-state index >= 15 is 0 Å². The standard InChI is InChI=1S/C20H30N4O3/c1-15(2)17-13-19(24(25)26)20(27-4)14-18(17)23-7-5-16(6-8-23)22-11-9-21(3)10-12-22/h13-14,16H,1,5-12H2,2-4H3. The van der Waals surface area contributed by atoms with E-state index in [2.05, 4.69) is 28.3 Å². The highest BCUT2D eigenvalue weighted by Gasteiger charge is 2.29. The largest absolute Gasteiger partial charge is 0.490 e. The fraction of sp³-hybridized carbons (Fsp3) is 0.600. The summed E-state index contributed by atoms with van der Waals surface area (Å²) in [6.45, 7) is 12.4. The number of likely N-dealkylation sites (N-methyl/N-ethyl adjacent to an activating group) is 1. The first-order chi connectivity index (χ1) is 12.9. The second-order valence-corrected chi connectivity index (χ2v) is 7.64. The summed E-state index contributed by atoms with van der Waals surface area (Å²) < 4.78 is 5.29. The van der Waals surface area contributed by atoms with Gasteiger partial charge in [-0.2, -0.15) is 0 Å². The Balaban J connectivity index is 1.77. The maximum absolute atomic E-state index is 11.4. The zero-order valence-corrected chi connectivity index (χ0v) is 16.6. The zero-order valence-electron chi connectivity index (χ0n) is 16.6. The Morgan fingerprint density at radius 2 is 1.81 bits per heavy atom. The molecular formula is C20H30N4O3. The molecule has 2 aliphatic heterocycles. The van der Waals surface area contributed by atoms with Crippen LogP contribution in [0, 0.1) is 10.1 Å². The van der Waals surface area contributed by atoms with Crippen LogP contribution in [0.1, 0.15) is 25.3 Å². The number of piperazine rings is 1. The number of nitrogens with zero attached hydrogens (tertiary/aromatic N) is 4.